The lowest BCUT2D eigenvalue weighted by Gasteiger charge is -2.19. The molecule has 34 heavy (non-hydrogen) atoms. The standard InChI is InChI=1S/C26H25BrCl2N4S/c1-2-20-24(26-31-30-23(34-26)14-16-6-4-3-5-7-16)32-33(22-13-12-19(28)15-21(22)29)25(20)17-8-10-18(27)11-9-17/h8-13,15-16H,2-7,14H2,1H3. The maximum absolute atomic E-state index is 6.63. The fourth-order valence-corrected chi connectivity index (χ4v) is 6.48. The van der Waals surface area contributed by atoms with Crippen LogP contribution in [-0.2, 0) is 12.8 Å². The molecule has 1 aliphatic rings. The van der Waals surface area contributed by atoms with Crippen LogP contribution in [0.4, 0.5) is 0 Å². The molecule has 2 aromatic carbocycles. The van der Waals surface area contributed by atoms with Gasteiger partial charge in [0.2, 0.25) is 0 Å². The smallest absolute Gasteiger partial charge is 0.168 e. The highest BCUT2D eigenvalue weighted by atomic mass is 79.9. The van der Waals surface area contributed by atoms with Crippen molar-refractivity contribution in [3.63, 3.8) is 0 Å². The summed E-state index contributed by atoms with van der Waals surface area (Å²) in [6, 6.07) is 13.8. The van der Waals surface area contributed by atoms with Gasteiger partial charge in [-0.1, -0.05) is 102 Å². The first-order chi connectivity index (χ1) is 16.5. The van der Waals surface area contributed by atoms with Crippen molar-refractivity contribution in [3.05, 3.63) is 67.6 Å². The van der Waals surface area contributed by atoms with Crippen LogP contribution in [0.25, 0.3) is 27.6 Å². The number of halogens is 3. The molecule has 1 aliphatic carbocycles. The predicted octanol–water partition coefficient (Wildman–Crippen LogP) is 8.81. The Morgan fingerprint density at radius 1 is 1.03 bits per heavy atom. The SMILES string of the molecule is CCc1c(-c2nnc(CC3CCCCC3)s2)nn(-c2ccc(Cl)cc2Cl)c1-c1ccc(Br)cc1. The van der Waals surface area contributed by atoms with E-state index in [2.05, 4.69) is 45.2 Å². The Hall–Kier alpha value is -1.73. The van der Waals surface area contributed by atoms with Crippen LogP contribution in [0, 0.1) is 5.92 Å². The van der Waals surface area contributed by atoms with Gasteiger partial charge in [0, 0.05) is 27.0 Å². The van der Waals surface area contributed by atoms with Crippen molar-refractivity contribution in [2.75, 3.05) is 0 Å². The van der Waals surface area contributed by atoms with Crippen molar-refractivity contribution in [1.82, 2.24) is 20.0 Å². The number of benzene rings is 2. The average Bonchev–Trinajstić information content (AvgIpc) is 3.45. The van der Waals surface area contributed by atoms with Crippen molar-refractivity contribution in [3.8, 4) is 27.6 Å². The van der Waals surface area contributed by atoms with Gasteiger partial charge in [0.05, 0.1) is 16.4 Å². The average molecular weight is 576 g/mol. The summed E-state index contributed by atoms with van der Waals surface area (Å²) in [5.74, 6) is 0.726. The third kappa shape index (κ3) is 4.97. The van der Waals surface area contributed by atoms with Gasteiger partial charge in [-0.05, 0) is 42.7 Å². The Morgan fingerprint density at radius 2 is 1.79 bits per heavy atom. The monoisotopic (exact) mass is 574 g/mol. The normalized spacial score (nSPS) is 14.6. The Kier molecular flexibility index (Phi) is 7.40. The van der Waals surface area contributed by atoms with Gasteiger partial charge in [0.25, 0.3) is 0 Å². The van der Waals surface area contributed by atoms with Crippen molar-refractivity contribution < 1.29 is 0 Å². The fraction of sp³-hybridized carbons (Fsp3) is 0.346. The number of aromatic nitrogens is 4. The van der Waals surface area contributed by atoms with E-state index < -0.39 is 0 Å². The summed E-state index contributed by atoms with van der Waals surface area (Å²) in [4.78, 5) is 0. The van der Waals surface area contributed by atoms with Crippen molar-refractivity contribution in [2.24, 2.45) is 5.92 Å². The molecule has 0 N–H and O–H groups in total. The Bertz CT molecular complexity index is 1290. The summed E-state index contributed by atoms with van der Waals surface area (Å²) in [6.07, 6.45) is 8.45. The van der Waals surface area contributed by atoms with Crippen LogP contribution in [0.2, 0.25) is 10.0 Å². The molecule has 0 spiro atoms. The van der Waals surface area contributed by atoms with E-state index in [1.54, 1.807) is 17.4 Å². The van der Waals surface area contributed by atoms with E-state index in [1.807, 2.05) is 28.9 Å². The van der Waals surface area contributed by atoms with E-state index in [0.717, 1.165) is 61.4 Å². The zero-order valence-electron chi connectivity index (χ0n) is 18.9. The lowest BCUT2D eigenvalue weighted by atomic mass is 9.87. The third-order valence-corrected chi connectivity index (χ3v) is 8.47. The highest BCUT2D eigenvalue weighted by Crippen LogP contribution is 2.38. The number of nitrogens with zero attached hydrogens (tertiary/aromatic N) is 4. The molecular formula is C26H25BrCl2N4S. The Labute approximate surface area is 222 Å². The molecule has 2 heterocycles. The van der Waals surface area contributed by atoms with Crippen LogP contribution < -0.4 is 0 Å². The highest BCUT2D eigenvalue weighted by molar-refractivity contribution is 9.10. The minimum Gasteiger partial charge on any atom is -0.231 e. The molecular weight excluding hydrogens is 551 g/mol. The van der Waals surface area contributed by atoms with E-state index in [1.165, 1.54) is 32.1 Å². The summed E-state index contributed by atoms with van der Waals surface area (Å²) in [5.41, 5.74) is 4.87. The minimum absolute atomic E-state index is 0.554. The molecule has 0 saturated heterocycles. The highest BCUT2D eigenvalue weighted by Gasteiger charge is 2.25. The maximum atomic E-state index is 6.63. The Balaban J connectivity index is 1.61. The van der Waals surface area contributed by atoms with Gasteiger partial charge >= 0.3 is 0 Å². The molecule has 0 amide bonds. The topological polar surface area (TPSA) is 43.6 Å². The molecule has 8 heteroatoms. The van der Waals surface area contributed by atoms with Crippen LogP contribution in [0.15, 0.2) is 46.9 Å². The zero-order chi connectivity index (χ0) is 23.7. The molecule has 0 atom stereocenters. The summed E-state index contributed by atoms with van der Waals surface area (Å²) < 4.78 is 2.96. The van der Waals surface area contributed by atoms with Gasteiger partial charge in [-0.2, -0.15) is 5.10 Å². The van der Waals surface area contributed by atoms with Crippen LogP contribution in [0.5, 0.6) is 0 Å². The van der Waals surface area contributed by atoms with E-state index in [4.69, 9.17) is 28.3 Å². The minimum atomic E-state index is 0.554. The van der Waals surface area contributed by atoms with E-state index in [9.17, 15) is 0 Å². The number of hydrogen-bond acceptors (Lipinski definition) is 4. The third-order valence-electron chi connectivity index (χ3n) is 6.45. The quantitative estimate of drug-likeness (QED) is 0.231. The van der Waals surface area contributed by atoms with Gasteiger partial charge in [-0.25, -0.2) is 4.68 Å². The lowest BCUT2D eigenvalue weighted by Crippen LogP contribution is -2.08. The summed E-state index contributed by atoms with van der Waals surface area (Å²) >= 11 is 18.0. The molecule has 176 valence electrons. The molecule has 4 aromatic rings. The molecule has 0 aliphatic heterocycles. The first kappa shape index (κ1) is 24.0. The number of rotatable bonds is 6. The molecule has 0 bridgehead atoms. The van der Waals surface area contributed by atoms with Gasteiger partial charge < -0.3 is 0 Å². The molecule has 0 radical (unpaired) electrons. The molecule has 4 nitrogen and oxygen atoms in total. The van der Waals surface area contributed by atoms with Crippen molar-refractivity contribution in [2.45, 2.75) is 51.9 Å². The lowest BCUT2D eigenvalue weighted by molar-refractivity contribution is 0.356. The fourth-order valence-electron chi connectivity index (χ4n) is 4.76. The Morgan fingerprint density at radius 3 is 2.50 bits per heavy atom. The molecule has 1 fully saturated rings. The second kappa shape index (κ2) is 10.5. The summed E-state index contributed by atoms with van der Waals surface area (Å²) in [6.45, 7) is 2.15. The van der Waals surface area contributed by atoms with Gasteiger partial charge in [-0.3, -0.25) is 0 Å². The maximum Gasteiger partial charge on any atom is 0.168 e. The van der Waals surface area contributed by atoms with E-state index >= 15 is 0 Å². The molecule has 5 rings (SSSR count). The first-order valence-corrected chi connectivity index (χ1v) is 14.1. The van der Waals surface area contributed by atoms with Crippen molar-refractivity contribution in [1.29, 1.82) is 0 Å². The number of hydrogen-bond donors (Lipinski definition) is 0. The van der Waals surface area contributed by atoms with Crippen LogP contribution in [-0.4, -0.2) is 20.0 Å². The van der Waals surface area contributed by atoms with Crippen LogP contribution in [0.3, 0.4) is 0 Å². The van der Waals surface area contributed by atoms with Gasteiger partial charge in [0.15, 0.2) is 5.01 Å². The molecule has 0 unspecified atom stereocenters. The van der Waals surface area contributed by atoms with Gasteiger partial charge in [-0.15, -0.1) is 10.2 Å². The predicted molar refractivity (Wildman–Crippen MR) is 145 cm³/mol. The van der Waals surface area contributed by atoms with E-state index in [-0.39, 0.29) is 0 Å². The zero-order valence-corrected chi connectivity index (χ0v) is 22.8. The van der Waals surface area contributed by atoms with E-state index in [0.29, 0.717) is 10.0 Å². The van der Waals surface area contributed by atoms with Crippen LogP contribution >= 0.6 is 50.5 Å². The van der Waals surface area contributed by atoms with Crippen molar-refractivity contribution >= 4 is 50.5 Å². The largest absolute Gasteiger partial charge is 0.231 e. The summed E-state index contributed by atoms with van der Waals surface area (Å²) in [5, 5.41) is 17.3. The molecule has 2 aromatic heterocycles. The van der Waals surface area contributed by atoms with Crippen LogP contribution in [0.1, 0.15) is 49.6 Å². The first-order valence-electron chi connectivity index (χ1n) is 11.7. The summed E-state index contributed by atoms with van der Waals surface area (Å²) in [7, 11) is 0. The molecule has 1 saturated carbocycles. The van der Waals surface area contributed by atoms with Gasteiger partial charge in [0.1, 0.15) is 10.7 Å². The second-order valence-corrected chi connectivity index (χ2v) is 11.6. The second-order valence-electron chi connectivity index (χ2n) is 8.75.